The number of carbonyl (C=O) groups is 2. The van der Waals surface area contributed by atoms with Crippen molar-refractivity contribution < 1.29 is 27.5 Å². The monoisotopic (exact) mass is 297 g/mol. The fourth-order valence-corrected chi connectivity index (χ4v) is 1.40. The maximum atomic E-state index is 11.9. The molecule has 0 aliphatic rings. The second-order valence-electron chi connectivity index (χ2n) is 5.54. The van der Waals surface area contributed by atoms with Crippen molar-refractivity contribution in [1.82, 2.24) is 5.32 Å². The zero-order valence-corrected chi connectivity index (χ0v) is 12.1. The highest BCUT2D eigenvalue weighted by Crippen LogP contribution is 2.22. The van der Waals surface area contributed by atoms with Crippen LogP contribution in [0, 0.1) is 0 Å². The van der Waals surface area contributed by atoms with Crippen LogP contribution in [0.5, 0.6) is 0 Å². The Kier molecular flexibility index (Phi) is 7.60. The van der Waals surface area contributed by atoms with E-state index in [0.29, 0.717) is 6.42 Å². The first kappa shape index (κ1) is 18.7. The molecule has 1 N–H and O–H groups in total. The van der Waals surface area contributed by atoms with E-state index in [0.717, 1.165) is 0 Å². The standard InChI is InChI=1S/C13H22F3NO3/c1-12(2,3)20-11(19)17-9-5-7-10(18)6-4-8-13(14,15)16/h4-9H2,1-3H3,(H,17,19). The third kappa shape index (κ3) is 13.2. The van der Waals surface area contributed by atoms with Crippen molar-refractivity contribution in [3.8, 4) is 0 Å². The van der Waals surface area contributed by atoms with Crippen LogP contribution in [0.25, 0.3) is 0 Å². The molecule has 0 spiro atoms. The molecule has 0 aromatic heterocycles. The van der Waals surface area contributed by atoms with Gasteiger partial charge in [-0.1, -0.05) is 0 Å². The Labute approximate surface area is 117 Å². The van der Waals surface area contributed by atoms with Crippen LogP contribution in [0.15, 0.2) is 0 Å². The van der Waals surface area contributed by atoms with E-state index in [1.54, 1.807) is 20.8 Å². The molecule has 0 aliphatic carbocycles. The number of nitrogens with one attached hydrogen (secondary N) is 1. The summed E-state index contributed by atoms with van der Waals surface area (Å²) in [6.45, 7) is 5.46. The van der Waals surface area contributed by atoms with Crippen molar-refractivity contribution in [2.24, 2.45) is 0 Å². The number of carbonyl (C=O) groups excluding carboxylic acids is 2. The van der Waals surface area contributed by atoms with E-state index in [4.69, 9.17) is 4.74 Å². The van der Waals surface area contributed by atoms with Gasteiger partial charge in [0.25, 0.3) is 0 Å². The van der Waals surface area contributed by atoms with Crippen LogP contribution in [0.3, 0.4) is 0 Å². The number of ether oxygens (including phenoxy) is 1. The van der Waals surface area contributed by atoms with Gasteiger partial charge in [0, 0.05) is 25.8 Å². The van der Waals surface area contributed by atoms with Gasteiger partial charge in [-0.3, -0.25) is 4.79 Å². The summed E-state index contributed by atoms with van der Waals surface area (Å²) in [6.07, 6.45) is -5.42. The van der Waals surface area contributed by atoms with Crippen molar-refractivity contribution >= 4 is 11.9 Å². The topological polar surface area (TPSA) is 55.4 Å². The number of alkyl halides is 3. The van der Waals surface area contributed by atoms with Crippen LogP contribution < -0.4 is 5.32 Å². The summed E-state index contributed by atoms with van der Waals surface area (Å²) in [7, 11) is 0. The van der Waals surface area contributed by atoms with Crippen LogP contribution in [0.4, 0.5) is 18.0 Å². The molecule has 0 aliphatic heterocycles. The molecule has 0 saturated heterocycles. The van der Waals surface area contributed by atoms with Crippen molar-refractivity contribution in [3.05, 3.63) is 0 Å². The molecule has 1 amide bonds. The van der Waals surface area contributed by atoms with Crippen molar-refractivity contribution in [2.45, 2.75) is 64.7 Å². The minimum atomic E-state index is -4.21. The van der Waals surface area contributed by atoms with Gasteiger partial charge in [-0.2, -0.15) is 13.2 Å². The number of hydrogen-bond donors (Lipinski definition) is 1. The van der Waals surface area contributed by atoms with Crippen LogP contribution in [0.2, 0.25) is 0 Å². The lowest BCUT2D eigenvalue weighted by molar-refractivity contribution is -0.137. The molecule has 0 rings (SSSR count). The van der Waals surface area contributed by atoms with Gasteiger partial charge in [0.2, 0.25) is 0 Å². The lowest BCUT2D eigenvalue weighted by atomic mass is 10.1. The number of amides is 1. The van der Waals surface area contributed by atoms with Gasteiger partial charge >= 0.3 is 12.3 Å². The van der Waals surface area contributed by atoms with E-state index in [2.05, 4.69) is 5.32 Å². The second-order valence-corrected chi connectivity index (χ2v) is 5.54. The van der Waals surface area contributed by atoms with Gasteiger partial charge in [0.15, 0.2) is 0 Å². The predicted octanol–water partition coefficient (Wildman–Crippen LogP) is 3.59. The summed E-state index contributed by atoms with van der Waals surface area (Å²) in [5.74, 6) is -0.222. The number of alkyl carbamates (subject to hydrolysis) is 1. The first-order chi connectivity index (χ1) is 8.99. The quantitative estimate of drug-likeness (QED) is 0.731. The molecule has 4 nitrogen and oxygen atoms in total. The molecule has 0 unspecified atom stereocenters. The van der Waals surface area contributed by atoms with Crippen LogP contribution in [-0.2, 0) is 9.53 Å². The fourth-order valence-electron chi connectivity index (χ4n) is 1.40. The minimum Gasteiger partial charge on any atom is -0.444 e. The van der Waals surface area contributed by atoms with E-state index in [-0.39, 0.29) is 31.6 Å². The first-order valence-electron chi connectivity index (χ1n) is 6.55. The second kappa shape index (κ2) is 8.11. The number of ketones is 1. The van der Waals surface area contributed by atoms with E-state index in [9.17, 15) is 22.8 Å². The highest BCUT2D eigenvalue weighted by Gasteiger charge is 2.26. The molecule has 0 aromatic carbocycles. The average Bonchev–Trinajstić information content (AvgIpc) is 2.20. The van der Waals surface area contributed by atoms with Gasteiger partial charge in [-0.15, -0.1) is 0 Å². The molecule has 0 atom stereocenters. The normalized spacial score (nSPS) is 12.1. The molecule has 0 radical (unpaired) electrons. The summed E-state index contributed by atoms with van der Waals surface area (Å²) in [6, 6.07) is 0. The van der Waals surface area contributed by atoms with E-state index >= 15 is 0 Å². The van der Waals surface area contributed by atoms with Gasteiger partial charge in [0.1, 0.15) is 11.4 Å². The maximum Gasteiger partial charge on any atom is 0.407 e. The maximum absolute atomic E-state index is 11.9. The van der Waals surface area contributed by atoms with Gasteiger partial charge in [-0.25, -0.2) is 4.79 Å². The molecule has 0 fully saturated rings. The van der Waals surface area contributed by atoms with Crippen molar-refractivity contribution in [3.63, 3.8) is 0 Å². The summed E-state index contributed by atoms with van der Waals surface area (Å²) in [5, 5.41) is 2.48. The van der Waals surface area contributed by atoms with Crippen molar-refractivity contribution in [1.29, 1.82) is 0 Å². The molecular formula is C13H22F3NO3. The number of Topliss-reactive ketones (excluding diaryl/α,β-unsaturated/α-hetero) is 1. The SMILES string of the molecule is CC(C)(C)OC(=O)NCCCC(=O)CCCC(F)(F)F. The first-order valence-corrected chi connectivity index (χ1v) is 6.55. The van der Waals surface area contributed by atoms with Crippen molar-refractivity contribution in [2.75, 3.05) is 6.54 Å². The van der Waals surface area contributed by atoms with Gasteiger partial charge in [0.05, 0.1) is 0 Å². The Morgan fingerprint density at radius 2 is 1.60 bits per heavy atom. The highest BCUT2D eigenvalue weighted by atomic mass is 19.4. The molecule has 0 bridgehead atoms. The van der Waals surface area contributed by atoms with E-state index < -0.39 is 24.3 Å². The molecule has 20 heavy (non-hydrogen) atoms. The Hall–Kier alpha value is -1.27. The molecule has 0 heterocycles. The van der Waals surface area contributed by atoms with E-state index in [1.165, 1.54) is 0 Å². The molecule has 0 saturated carbocycles. The predicted molar refractivity (Wildman–Crippen MR) is 68.4 cm³/mol. The summed E-state index contributed by atoms with van der Waals surface area (Å²) in [4.78, 5) is 22.5. The number of rotatable bonds is 7. The number of hydrogen-bond acceptors (Lipinski definition) is 3. The highest BCUT2D eigenvalue weighted by molar-refractivity contribution is 5.78. The Balaban J connectivity index is 3.60. The molecular weight excluding hydrogens is 275 g/mol. The fraction of sp³-hybridized carbons (Fsp3) is 0.846. The minimum absolute atomic E-state index is 0.0774. The van der Waals surface area contributed by atoms with Gasteiger partial charge in [-0.05, 0) is 33.6 Å². The Bertz CT molecular complexity index is 322. The van der Waals surface area contributed by atoms with E-state index in [1.807, 2.05) is 0 Å². The molecule has 0 aromatic rings. The molecule has 118 valence electrons. The summed E-state index contributed by atoms with van der Waals surface area (Å²) in [5.41, 5.74) is -0.586. The Morgan fingerprint density at radius 3 is 2.10 bits per heavy atom. The zero-order chi connectivity index (χ0) is 15.8. The zero-order valence-electron chi connectivity index (χ0n) is 12.1. The third-order valence-electron chi connectivity index (χ3n) is 2.22. The largest absolute Gasteiger partial charge is 0.444 e. The third-order valence-corrected chi connectivity index (χ3v) is 2.22. The number of halogens is 3. The van der Waals surface area contributed by atoms with Gasteiger partial charge < -0.3 is 10.1 Å². The molecule has 7 heteroatoms. The lowest BCUT2D eigenvalue weighted by Crippen LogP contribution is -2.33. The summed E-state index contributed by atoms with van der Waals surface area (Å²) >= 11 is 0. The van der Waals surface area contributed by atoms with Crippen LogP contribution in [0.1, 0.15) is 52.9 Å². The smallest absolute Gasteiger partial charge is 0.407 e. The Morgan fingerprint density at radius 1 is 1.05 bits per heavy atom. The van der Waals surface area contributed by atoms with Crippen LogP contribution in [-0.4, -0.2) is 30.2 Å². The van der Waals surface area contributed by atoms with Crippen LogP contribution >= 0.6 is 0 Å². The average molecular weight is 297 g/mol. The lowest BCUT2D eigenvalue weighted by Gasteiger charge is -2.19. The summed E-state index contributed by atoms with van der Waals surface area (Å²) < 4.78 is 40.6.